The van der Waals surface area contributed by atoms with Crippen LogP contribution in [0.2, 0.25) is 0 Å². The monoisotopic (exact) mass is 381 g/mol. The molecule has 1 atom stereocenters. The van der Waals surface area contributed by atoms with Crippen LogP contribution < -0.4 is 5.73 Å². The first-order chi connectivity index (χ1) is 13.4. The van der Waals surface area contributed by atoms with Gasteiger partial charge in [0.25, 0.3) is 0 Å². The Morgan fingerprint density at radius 1 is 1.14 bits per heavy atom. The second kappa shape index (κ2) is 8.37. The van der Waals surface area contributed by atoms with Gasteiger partial charge in [0, 0.05) is 31.1 Å². The van der Waals surface area contributed by atoms with Crippen molar-refractivity contribution in [1.29, 1.82) is 0 Å². The van der Waals surface area contributed by atoms with Gasteiger partial charge < -0.3 is 15.0 Å². The summed E-state index contributed by atoms with van der Waals surface area (Å²) in [5.41, 5.74) is 13.6. The molecular weight excluding hydrogens is 350 g/mol. The van der Waals surface area contributed by atoms with Crippen molar-refractivity contribution in [3.63, 3.8) is 0 Å². The Bertz CT molecular complexity index is 977. The first-order valence-corrected chi connectivity index (χ1v) is 9.96. The van der Waals surface area contributed by atoms with Crippen LogP contribution in [-0.4, -0.2) is 33.2 Å². The Labute approximate surface area is 167 Å². The molecule has 0 saturated carbocycles. The Morgan fingerprint density at radius 3 is 2.50 bits per heavy atom. The number of rotatable bonds is 7. The largest absolute Gasteiger partial charge is 0.383 e. The molecule has 6 heteroatoms. The van der Waals surface area contributed by atoms with E-state index < -0.39 is 0 Å². The Balaban J connectivity index is 2.17. The van der Waals surface area contributed by atoms with Crippen LogP contribution in [0.1, 0.15) is 61.8 Å². The fourth-order valence-electron chi connectivity index (χ4n) is 3.61. The van der Waals surface area contributed by atoms with E-state index in [2.05, 4.69) is 50.6 Å². The minimum atomic E-state index is 0.243. The van der Waals surface area contributed by atoms with E-state index in [1.807, 2.05) is 6.92 Å². The number of fused-ring (bicyclic) bond motifs is 1. The molecule has 2 N–H and O–H groups in total. The average molecular weight is 382 g/mol. The molecule has 0 radical (unpaired) electrons. The lowest BCUT2D eigenvalue weighted by Gasteiger charge is -2.17. The van der Waals surface area contributed by atoms with Crippen molar-refractivity contribution in [1.82, 2.24) is 19.5 Å². The number of ether oxygens (including phenoxy) is 1. The maximum atomic E-state index is 6.02. The van der Waals surface area contributed by atoms with E-state index in [1.54, 1.807) is 7.11 Å². The lowest BCUT2D eigenvalue weighted by Crippen LogP contribution is -2.14. The van der Waals surface area contributed by atoms with Gasteiger partial charge in [-0.2, -0.15) is 0 Å². The molecule has 0 aliphatic carbocycles. The molecule has 28 heavy (non-hydrogen) atoms. The van der Waals surface area contributed by atoms with Crippen LogP contribution in [0.4, 0.5) is 0 Å². The van der Waals surface area contributed by atoms with Gasteiger partial charge in [-0.3, -0.25) is 4.98 Å². The molecule has 0 spiro atoms. The van der Waals surface area contributed by atoms with Crippen LogP contribution in [0.25, 0.3) is 22.4 Å². The first kappa shape index (κ1) is 20.4. The van der Waals surface area contributed by atoms with Gasteiger partial charge in [-0.05, 0) is 43.9 Å². The van der Waals surface area contributed by atoms with Crippen molar-refractivity contribution in [2.24, 2.45) is 5.73 Å². The zero-order valence-electron chi connectivity index (χ0n) is 17.8. The normalized spacial score (nSPS) is 12.9. The molecular formula is C22H31N5O. The summed E-state index contributed by atoms with van der Waals surface area (Å²) in [6.07, 6.45) is 3.10. The molecule has 3 aromatic rings. The van der Waals surface area contributed by atoms with E-state index in [4.69, 9.17) is 25.4 Å². The summed E-state index contributed by atoms with van der Waals surface area (Å²) in [6, 6.07) is 4.39. The van der Waals surface area contributed by atoms with Gasteiger partial charge >= 0.3 is 0 Å². The van der Waals surface area contributed by atoms with E-state index in [9.17, 15) is 0 Å². The molecule has 0 bridgehead atoms. The lowest BCUT2D eigenvalue weighted by molar-refractivity contribution is 0.154. The minimum absolute atomic E-state index is 0.243. The molecule has 0 amide bonds. The second-order valence-corrected chi connectivity index (χ2v) is 7.66. The fraction of sp³-hybridized carbons (Fsp3) is 0.500. The number of hydrogen-bond acceptors (Lipinski definition) is 5. The topological polar surface area (TPSA) is 78.8 Å². The van der Waals surface area contributed by atoms with Crippen LogP contribution >= 0.6 is 0 Å². The molecule has 3 aromatic heterocycles. The molecule has 150 valence electrons. The fourth-order valence-corrected chi connectivity index (χ4v) is 3.61. The predicted molar refractivity (Wildman–Crippen MR) is 113 cm³/mol. The van der Waals surface area contributed by atoms with Crippen molar-refractivity contribution in [2.75, 3.05) is 13.7 Å². The Morgan fingerprint density at radius 2 is 1.89 bits per heavy atom. The predicted octanol–water partition coefficient (Wildman–Crippen LogP) is 4.29. The van der Waals surface area contributed by atoms with E-state index in [1.165, 1.54) is 0 Å². The maximum absolute atomic E-state index is 6.02. The van der Waals surface area contributed by atoms with Gasteiger partial charge in [0.2, 0.25) is 0 Å². The van der Waals surface area contributed by atoms with Crippen molar-refractivity contribution < 1.29 is 4.74 Å². The highest BCUT2D eigenvalue weighted by Gasteiger charge is 2.19. The van der Waals surface area contributed by atoms with Gasteiger partial charge in [0.05, 0.1) is 29.7 Å². The molecule has 6 nitrogen and oxygen atoms in total. The average Bonchev–Trinajstić information content (AvgIpc) is 3.00. The SMILES string of the molecule is CC[C@H](COC)n1cc(C)c2nc(-c3ccc(C(C)C)nc3CN)c(C)nc21. The summed E-state index contributed by atoms with van der Waals surface area (Å²) in [4.78, 5) is 14.7. The second-order valence-electron chi connectivity index (χ2n) is 7.66. The summed E-state index contributed by atoms with van der Waals surface area (Å²) in [5.74, 6) is 0.358. The summed E-state index contributed by atoms with van der Waals surface area (Å²) < 4.78 is 7.60. The quantitative estimate of drug-likeness (QED) is 0.660. The molecule has 3 heterocycles. The number of methoxy groups -OCH3 is 1. The highest BCUT2D eigenvalue weighted by Crippen LogP contribution is 2.30. The van der Waals surface area contributed by atoms with Crippen molar-refractivity contribution in [2.45, 2.75) is 59.5 Å². The highest BCUT2D eigenvalue weighted by atomic mass is 16.5. The summed E-state index contributed by atoms with van der Waals surface area (Å²) in [7, 11) is 1.73. The molecule has 0 unspecified atom stereocenters. The van der Waals surface area contributed by atoms with E-state index in [-0.39, 0.29) is 6.04 Å². The summed E-state index contributed by atoms with van der Waals surface area (Å²) in [6.45, 7) is 11.5. The van der Waals surface area contributed by atoms with Crippen LogP contribution in [0.5, 0.6) is 0 Å². The van der Waals surface area contributed by atoms with Crippen LogP contribution in [0.3, 0.4) is 0 Å². The zero-order valence-corrected chi connectivity index (χ0v) is 17.8. The van der Waals surface area contributed by atoms with E-state index in [0.717, 1.165) is 51.5 Å². The summed E-state index contributed by atoms with van der Waals surface area (Å²) in [5, 5.41) is 0. The van der Waals surface area contributed by atoms with Crippen molar-refractivity contribution in [3.05, 3.63) is 41.0 Å². The summed E-state index contributed by atoms with van der Waals surface area (Å²) >= 11 is 0. The van der Waals surface area contributed by atoms with E-state index in [0.29, 0.717) is 19.1 Å². The molecule has 0 fully saturated rings. The third-order valence-corrected chi connectivity index (χ3v) is 5.26. The smallest absolute Gasteiger partial charge is 0.159 e. The number of aryl methyl sites for hydroxylation is 2. The minimum Gasteiger partial charge on any atom is -0.383 e. The number of hydrogen-bond donors (Lipinski definition) is 1. The number of nitrogens with two attached hydrogens (primary N) is 1. The number of aromatic nitrogens is 4. The highest BCUT2D eigenvalue weighted by molar-refractivity contribution is 5.80. The first-order valence-electron chi connectivity index (χ1n) is 9.96. The standard InChI is InChI=1S/C22H31N5O/c1-7-16(12-28-6)27-11-14(4)20-22(27)24-15(5)21(26-20)17-8-9-18(13(2)3)25-19(17)10-23/h8-9,11,13,16H,7,10,12,23H2,1-6H3/t16-/m1/s1. The van der Waals surface area contributed by atoms with Crippen molar-refractivity contribution in [3.8, 4) is 11.3 Å². The molecule has 0 aromatic carbocycles. The van der Waals surface area contributed by atoms with Crippen LogP contribution in [-0.2, 0) is 11.3 Å². The third kappa shape index (κ3) is 3.66. The zero-order chi connectivity index (χ0) is 20.4. The van der Waals surface area contributed by atoms with Gasteiger partial charge in [-0.25, -0.2) is 9.97 Å². The molecule has 0 saturated heterocycles. The molecule has 0 aliphatic rings. The maximum Gasteiger partial charge on any atom is 0.159 e. The molecule has 0 aliphatic heterocycles. The van der Waals surface area contributed by atoms with Gasteiger partial charge in [0.15, 0.2) is 5.65 Å². The Kier molecular flexibility index (Phi) is 6.10. The van der Waals surface area contributed by atoms with Gasteiger partial charge in [0.1, 0.15) is 5.52 Å². The third-order valence-electron chi connectivity index (χ3n) is 5.26. The van der Waals surface area contributed by atoms with Gasteiger partial charge in [-0.15, -0.1) is 0 Å². The van der Waals surface area contributed by atoms with Gasteiger partial charge in [-0.1, -0.05) is 20.8 Å². The Hall–Kier alpha value is -2.31. The van der Waals surface area contributed by atoms with Crippen LogP contribution in [0.15, 0.2) is 18.3 Å². The lowest BCUT2D eigenvalue weighted by atomic mass is 10.0. The molecule has 3 rings (SSSR count). The number of nitrogens with zero attached hydrogens (tertiary/aromatic N) is 4. The van der Waals surface area contributed by atoms with Crippen molar-refractivity contribution >= 4 is 11.2 Å². The van der Waals surface area contributed by atoms with Crippen LogP contribution in [0, 0.1) is 13.8 Å². The van der Waals surface area contributed by atoms with E-state index >= 15 is 0 Å². The number of pyridine rings is 1.